The lowest BCUT2D eigenvalue weighted by atomic mass is 10.1. The SMILES string of the molecule is Cc1ccc(COc2ccc(/C=C3/SC(=O)N(CC(=O)Nc4ccccc4Cl)C3=O)cc2)cc1. The van der Waals surface area contributed by atoms with E-state index < -0.39 is 17.1 Å². The molecule has 1 aliphatic heterocycles. The Morgan fingerprint density at radius 2 is 1.74 bits per heavy atom. The molecular formula is C26H21ClN2O4S. The van der Waals surface area contributed by atoms with Gasteiger partial charge in [0.15, 0.2) is 0 Å². The number of benzene rings is 3. The van der Waals surface area contributed by atoms with Crippen LogP contribution in [-0.2, 0) is 16.2 Å². The van der Waals surface area contributed by atoms with Crippen molar-refractivity contribution >= 4 is 52.2 Å². The Bertz CT molecular complexity index is 1260. The van der Waals surface area contributed by atoms with Gasteiger partial charge in [0.05, 0.1) is 15.6 Å². The molecular weight excluding hydrogens is 472 g/mol. The summed E-state index contributed by atoms with van der Waals surface area (Å²) in [5.74, 6) is -0.321. The molecule has 0 aromatic heterocycles. The number of thioether (sulfide) groups is 1. The van der Waals surface area contributed by atoms with Gasteiger partial charge in [-0.1, -0.05) is 65.7 Å². The normalized spacial score (nSPS) is 14.5. The molecule has 3 aromatic rings. The zero-order valence-electron chi connectivity index (χ0n) is 18.3. The second kappa shape index (κ2) is 10.6. The van der Waals surface area contributed by atoms with Crippen LogP contribution in [0.25, 0.3) is 6.08 Å². The first-order valence-electron chi connectivity index (χ1n) is 10.5. The minimum absolute atomic E-state index is 0.254. The molecule has 1 N–H and O–H groups in total. The molecule has 172 valence electrons. The molecule has 0 unspecified atom stereocenters. The molecule has 0 aliphatic carbocycles. The molecule has 0 saturated carbocycles. The highest BCUT2D eigenvalue weighted by Gasteiger charge is 2.36. The maximum atomic E-state index is 12.7. The minimum Gasteiger partial charge on any atom is -0.489 e. The summed E-state index contributed by atoms with van der Waals surface area (Å²) in [4.78, 5) is 38.6. The lowest BCUT2D eigenvalue weighted by molar-refractivity contribution is -0.127. The molecule has 0 spiro atoms. The highest BCUT2D eigenvalue weighted by molar-refractivity contribution is 8.18. The number of nitrogens with one attached hydrogen (secondary N) is 1. The first-order valence-corrected chi connectivity index (χ1v) is 11.7. The van der Waals surface area contributed by atoms with Crippen LogP contribution in [0.3, 0.4) is 0 Å². The number of hydrogen-bond donors (Lipinski definition) is 1. The molecule has 3 aromatic carbocycles. The molecule has 1 saturated heterocycles. The van der Waals surface area contributed by atoms with Crippen molar-refractivity contribution in [1.29, 1.82) is 0 Å². The van der Waals surface area contributed by atoms with Gasteiger partial charge >= 0.3 is 0 Å². The van der Waals surface area contributed by atoms with Crippen molar-refractivity contribution in [3.05, 3.63) is 99.4 Å². The summed E-state index contributed by atoms with van der Waals surface area (Å²) < 4.78 is 5.80. The Labute approximate surface area is 206 Å². The maximum Gasteiger partial charge on any atom is 0.294 e. The summed E-state index contributed by atoms with van der Waals surface area (Å²) in [6.45, 7) is 2.10. The third-order valence-electron chi connectivity index (χ3n) is 5.03. The summed E-state index contributed by atoms with van der Waals surface area (Å²) >= 11 is 6.84. The van der Waals surface area contributed by atoms with Crippen LogP contribution in [0.4, 0.5) is 10.5 Å². The van der Waals surface area contributed by atoms with E-state index in [9.17, 15) is 14.4 Å². The predicted octanol–water partition coefficient (Wildman–Crippen LogP) is 5.90. The van der Waals surface area contributed by atoms with Crippen molar-refractivity contribution in [2.24, 2.45) is 0 Å². The van der Waals surface area contributed by atoms with Gasteiger partial charge in [-0.2, -0.15) is 0 Å². The van der Waals surface area contributed by atoms with E-state index in [1.54, 1.807) is 42.5 Å². The molecule has 3 amide bonds. The molecule has 1 aliphatic rings. The fourth-order valence-electron chi connectivity index (χ4n) is 3.19. The van der Waals surface area contributed by atoms with Gasteiger partial charge in [0.25, 0.3) is 11.1 Å². The molecule has 1 heterocycles. The highest BCUT2D eigenvalue weighted by atomic mass is 35.5. The molecule has 34 heavy (non-hydrogen) atoms. The molecule has 8 heteroatoms. The number of hydrogen-bond acceptors (Lipinski definition) is 5. The van der Waals surface area contributed by atoms with Crippen LogP contribution in [0.2, 0.25) is 5.02 Å². The molecule has 1 fully saturated rings. The fourth-order valence-corrected chi connectivity index (χ4v) is 4.22. The van der Waals surface area contributed by atoms with Crippen molar-refractivity contribution in [3.8, 4) is 5.75 Å². The third kappa shape index (κ3) is 5.87. The van der Waals surface area contributed by atoms with Crippen LogP contribution in [0.5, 0.6) is 5.75 Å². The summed E-state index contributed by atoms with van der Waals surface area (Å²) in [7, 11) is 0. The lowest BCUT2D eigenvalue weighted by Crippen LogP contribution is -2.36. The Morgan fingerprint density at radius 1 is 1.03 bits per heavy atom. The van der Waals surface area contributed by atoms with Crippen molar-refractivity contribution in [2.45, 2.75) is 13.5 Å². The van der Waals surface area contributed by atoms with Gasteiger partial charge in [-0.3, -0.25) is 19.3 Å². The number of rotatable bonds is 7. The number of halogens is 1. The summed E-state index contributed by atoms with van der Waals surface area (Å²) in [6.07, 6.45) is 1.63. The van der Waals surface area contributed by atoms with Gasteiger partial charge in [0.2, 0.25) is 5.91 Å². The number of imide groups is 1. The van der Waals surface area contributed by atoms with Crippen LogP contribution in [0.1, 0.15) is 16.7 Å². The average molecular weight is 493 g/mol. The number of aryl methyl sites for hydroxylation is 1. The van der Waals surface area contributed by atoms with E-state index in [4.69, 9.17) is 16.3 Å². The third-order valence-corrected chi connectivity index (χ3v) is 6.26. The largest absolute Gasteiger partial charge is 0.489 e. The number of para-hydroxylation sites is 1. The monoisotopic (exact) mass is 492 g/mol. The first kappa shape index (κ1) is 23.6. The lowest BCUT2D eigenvalue weighted by Gasteiger charge is -2.13. The zero-order chi connectivity index (χ0) is 24.1. The highest BCUT2D eigenvalue weighted by Crippen LogP contribution is 2.32. The number of carbonyl (C=O) groups is 3. The van der Waals surface area contributed by atoms with Crippen molar-refractivity contribution < 1.29 is 19.1 Å². The Morgan fingerprint density at radius 3 is 2.44 bits per heavy atom. The van der Waals surface area contributed by atoms with E-state index in [0.29, 0.717) is 23.1 Å². The van der Waals surface area contributed by atoms with Gasteiger partial charge in [-0.15, -0.1) is 0 Å². The second-order valence-corrected chi connectivity index (χ2v) is 9.04. The summed E-state index contributed by atoms with van der Waals surface area (Å²) in [6, 6.07) is 22.1. The van der Waals surface area contributed by atoms with Crippen molar-refractivity contribution in [1.82, 2.24) is 4.90 Å². The Kier molecular flexibility index (Phi) is 7.35. The van der Waals surface area contributed by atoms with Crippen LogP contribution in [-0.4, -0.2) is 28.5 Å². The summed E-state index contributed by atoms with van der Waals surface area (Å²) in [5.41, 5.74) is 3.43. The number of anilines is 1. The van der Waals surface area contributed by atoms with Gasteiger partial charge in [0.1, 0.15) is 18.9 Å². The Balaban J connectivity index is 1.36. The van der Waals surface area contributed by atoms with Crippen molar-refractivity contribution in [2.75, 3.05) is 11.9 Å². The fraction of sp³-hybridized carbons (Fsp3) is 0.115. The number of carbonyl (C=O) groups excluding carboxylic acids is 3. The van der Waals surface area contributed by atoms with Gasteiger partial charge in [-0.05, 0) is 60.2 Å². The first-order chi connectivity index (χ1) is 16.4. The van der Waals surface area contributed by atoms with E-state index in [1.165, 1.54) is 5.56 Å². The molecule has 6 nitrogen and oxygen atoms in total. The maximum absolute atomic E-state index is 12.7. The van der Waals surface area contributed by atoms with Crippen LogP contribution < -0.4 is 10.1 Å². The van der Waals surface area contributed by atoms with Gasteiger partial charge in [-0.25, -0.2) is 0 Å². The van der Waals surface area contributed by atoms with Crippen LogP contribution in [0, 0.1) is 6.92 Å². The van der Waals surface area contributed by atoms with E-state index in [-0.39, 0.29) is 11.4 Å². The number of nitrogens with zero attached hydrogens (tertiary/aromatic N) is 1. The van der Waals surface area contributed by atoms with E-state index in [2.05, 4.69) is 5.32 Å². The zero-order valence-corrected chi connectivity index (χ0v) is 19.9. The topological polar surface area (TPSA) is 75.7 Å². The summed E-state index contributed by atoms with van der Waals surface area (Å²) in [5, 5.41) is 2.49. The predicted molar refractivity (Wildman–Crippen MR) is 135 cm³/mol. The van der Waals surface area contributed by atoms with E-state index in [1.807, 2.05) is 43.3 Å². The van der Waals surface area contributed by atoms with Gasteiger partial charge < -0.3 is 10.1 Å². The number of amides is 3. The molecule has 4 rings (SSSR count). The van der Waals surface area contributed by atoms with Gasteiger partial charge in [0, 0.05) is 0 Å². The quantitative estimate of drug-likeness (QED) is 0.415. The molecule has 0 atom stereocenters. The molecule has 0 bridgehead atoms. The van der Waals surface area contributed by atoms with E-state index >= 15 is 0 Å². The second-order valence-electron chi connectivity index (χ2n) is 7.64. The standard InChI is InChI=1S/C26H21ClN2O4S/c1-17-6-8-19(9-7-17)16-33-20-12-10-18(11-13-20)14-23-25(31)29(26(32)34-23)15-24(30)28-22-5-3-2-4-21(22)27/h2-14H,15-16H2,1H3,(H,28,30)/b23-14+. The smallest absolute Gasteiger partial charge is 0.294 e. The van der Waals surface area contributed by atoms with E-state index in [0.717, 1.165) is 27.8 Å². The van der Waals surface area contributed by atoms with Crippen LogP contribution >= 0.6 is 23.4 Å². The molecule has 0 radical (unpaired) electrons. The number of ether oxygens (including phenoxy) is 1. The van der Waals surface area contributed by atoms with Crippen molar-refractivity contribution in [3.63, 3.8) is 0 Å². The Hall–Kier alpha value is -3.55. The van der Waals surface area contributed by atoms with Crippen LogP contribution in [0.15, 0.2) is 77.7 Å². The average Bonchev–Trinajstić information content (AvgIpc) is 3.08. The minimum atomic E-state index is -0.510.